The molecule has 146 valence electrons. The van der Waals surface area contributed by atoms with Crippen molar-refractivity contribution in [3.63, 3.8) is 0 Å². The Morgan fingerprint density at radius 1 is 1.18 bits per heavy atom. The number of imidazole rings is 1. The summed E-state index contributed by atoms with van der Waals surface area (Å²) < 4.78 is 15.1. The maximum Gasteiger partial charge on any atom is 0.244 e. The first kappa shape index (κ1) is 19.8. The third kappa shape index (κ3) is 5.27. The van der Waals surface area contributed by atoms with Gasteiger partial charge < -0.3 is 14.8 Å². The first-order valence-corrected chi connectivity index (χ1v) is 9.33. The number of nitrogens with zero attached hydrogens (tertiary/aromatic N) is 3. The fourth-order valence-electron chi connectivity index (χ4n) is 2.97. The van der Waals surface area contributed by atoms with Gasteiger partial charge >= 0.3 is 0 Å². The van der Waals surface area contributed by atoms with Crippen molar-refractivity contribution >= 4 is 23.0 Å². The van der Waals surface area contributed by atoms with Gasteiger partial charge in [0, 0.05) is 32.1 Å². The highest BCUT2D eigenvalue weighted by molar-refractivity contribution is 5.91. The Kier molecular flexibility index (Phi) is 6.55. The number of amides is 1. The molecular weight excluding hydrogens is 355 g/mol. The van der Waals surface area contributed by atoms with Crippen molar-refractivity contribution in [2.24, 2.45) is 0 Å². The van der Waals surface area contributed by atoms with Crippen LogP contribution in [0, 0.1) is 5.82 Å². The van der Waals surface area contributed by atoms with Gasteiger partial charge in [-0.1, -0.05) is 24.3 Å². The number of aromatic nitrogens is 2. The smallest absolute Gasteiger partial charge is 0.244 e. The van der Waals surface area contributed by atoms with Crippen molar-refractivity contribution in [1.29, 1.82) is 0 Å². The number of benzene rings is 2. The van der Waals surface area contributed by atoms with E-state index in [4.69, 9.17) is 4.98 Å². The summed E-state index contributed by atoms with van der Waals surface area (Å²) in [7, 11) is 4.10. The fraction of sp³-hybridized carbons (Fsp3) is 0.273. The summed E-state index contributed by atoms with van der Waals surface area (Å²) in [6.07, 6.45) is 3.78. The summed E-state index contributed by atoms with van der Waals surface area (Å²) in [4.78, 5) is 18.9. The van der Waals surface area contributed by atoms with Gasteiger partial charge in [0.15, 0.2) is 0 Å². The summed E-state index contributed by atoms with van der Waals surface area (Å²) in [5, 5.41) is 2.89. The molecule has 1 aromatic heterocycles. The van der Waals surface area contributed by atoms with Gasteiger partial charge in [-0.15, -0.1) is 0 Å². The van der Waals surface area contributed by atoms with Crippen LogP contribution in [0.2, 0.25) is 0 Å². The molecule has 3 rings (SSSR count). The maximum atomic E-state index is 12.9. The van der Waals surface area contributed by atoms with E-state index in [0.717, 1.165) is 35.5 Å². The summed E-state index contributed by atoms with van der Waals surface area (Å²) >= 11 is 0. The van der Waals surface area contributed by atoms with Crippen molar-refractivity contribution in [3.05, 3.63) is 71.8 Å². The average Bonchev–Trinajstić information content (AvgIpc) is 3.03. The lowest BCUT2D eigenvalue weighted by Gasteiger charge is -2.13. The Balaban J connectivity index is 1.60. The van der Waals surface area contributed by atoms with Gasteiger partial charge in [-0.25, -0.2) is 9.37 Å². The molecule has 3 aromatic rings. The second kappa shape index (κ2) is 9.28. The molecule has 1 N–H and O–H groups in total. The van der Waals surface area contributed by atoms with Crippen LogP contribution in [0.5, 0.6) is 0 Å². The van der Waals surface area contributed by atoms with Gasteiger partial charge in [0.25, 0.3) is 0 Å². The van der Waals surface area contributed by atoms with Crippen LogP contribution in [0.1, 0.15) is 11.4 Å². The molecule has 0 saturated carbocycles. The number of fused-ring (bicyclic) bond motifs is 1. The van der Waals surface area contributed by atoms with E-state index in [1.54, 1.807) is 18.2 Å². The lowest BCUT2D eigenvalue weighted by atomic mass is 10.2. The maximum absolute atomic E-state index is 12.9. The minimum Gasteiger partial charge on any atom is -0.352 e. The molecule has 0 aliphatic heterocycles. The highest BCUT2D eigenvalue weighted by Crippen LogP contribution is 2.16. The summed E-state index contributed by atoms with van der Waals surface area (Å²) in [6.45, 7) is 2.26. The van der Waals surface area contributed by atoms with Crippen LogP contribution in [-0.4, -0.2) is 47.5 Å². The van der Waals surface area contributed by atoms with Crippen LogP contribution < -0.4 is 5.32 Å². The number of hydrogen-bond donors (Lipinski definition) is 1. The van der Waals surface area contributed by atoms with E-state index in [9.17, 15) is 9.18 Å². The summed E-state index contributed by atoms with van der Waals surface area (Å²) in [5.74, 6) is 0.491. The lowest BCUT2D eigenvalue weighted by Crippen LogP contribution is -2.25. The van der Waals surface area contributed by atoms with Crippen LogP contribution in [0.3, 0.4) is 0 Å². The van der Waals surface area contributed by atoms with Crippen molar-refractivity contribution in [1.82, 2.24) is 19.8 Å². The molecule has 1 heterocycles. The minimum atomic E-state index is -0.293. The quantitative estimate of drug-likeness (QED) is 0.611. The minimum absolute atomic E-state index is 0.180. The molecule has 0 saturated heterocycles. The Labute approximate surface area is 164 Å². The molecule has 0 unspecified atom stereocenters. The molecular formula is C22H25FN4O. The number of halogens is 1. The highest BCUT2D eigenvalue weighted by atomic mass is 19.1. The Hall–Kier alpha value is -2.99. The standard InChI is InChI=1S/C22H25FN4O/c1-26(2)15-16-27-20-6-4-3-5-19(20)25-21(27)13-14-24-22(28)12-9-17-7-10-18(23)11-8-17/h3-12H,13-16H2,1-2H3,(H,24,28)/b12-9+. The molecule has 0 aliphatic carbocycles. The number of rotatable bonds is 8. The van der Waals surface area contributed by atoms with Gasteiger partial charge in [0.05, 0.1) is 11.0 Å². The van der Waals surface area contributed by atoms with Crippen LogP contribution in [-0.2, 0) is 17.8 Å². The van der Waals surface area contributed by atoms with Gasteiger partial charge in [-0.2, -0.15) is 0 Å². The van der Waals surface area contributed by atoms with Crippen molar-refractivity contribution in [2.75, 3.05) is 27.2 Å². The number of nitrogens with one attached hydrogen (secondary N) is 1. The number of para-hydroxylation sites is 2. The molecule has 28 heavy (non-hydrogen) atoms. The normalized spacial score (nSPS) is 11.6. The SMILES string of the molecule is CN(C)CCn1c(CCNC(=O)/C=C/c2ccc(F)cc2)nc2ccccc21. The van der Waals surface area contributed by atoms with Crippen molar-refractivity contribution in [2.45, 2.75) is 13.0 Å². The van der Waals surface area contributed by atoms with E-state index >= 15 is 0 Å². The van der Waals surface area contributed by atoms with Crippen LogP contribution in [0.15, 0.2) is 54.6 Å². The molecule has 5 nitrogen and oxygen atoms in total. The topological polar surface area (TPSA) is 50.2 Å². The number of carbonyl (C=O) groups excluding carboxylic acids is 1. The monoisotopic (exact) mass is 380 g/mol. The summed E-state index contributed by atoms with van der Waals surface area (Å²) in [6, 6.07) is 14.1. The zero-order valence-corrected chi connectivity index (χ0v) is 16.2. The third-order valence-electron chi connectivity index (χ3n) is 4.45. The Bertz CT molecular complexity index is 960. The van der Waals surface area contributed by atoms with Crippen LogP contribution >= 0.6 is 0 Å². The van der Waals surface area contributed by atoms with E-state index in [1.807, 2.05) is 32.3 Å². The Morgan fingerprint density at radius 3 is 2.68 bits per heavy atom. The molecule has 0 spiro atoms. The number of likely N-dealkylation sites (N-methyl/N-ethyl adjacent to an activating group) is 1. The van der Waals surface area contributed by atoms with Gasteiger partial charge in [0.1, 0.15) is 11.6 Å². The van der Waals surface area contributed by atoms with Gasteiger partial charge in [-0.3, -0.25) is 4.79 Å². The van der Waals surface area contributed by atoms with Crippen molar-refractivity contribution < 1.29 is 9.18 Å². The lowest BCUT2D eigenvalue weighted by molar-refractivity contribution is -0.116. The highest BCUT2D eigenvalue weighted by Gasteiger charge is 2.10. The predicted molar refractivity (Wildman–Crippen MR) is 110 cm³/mol. The third-order valence-corrected chi connectivity index (χ3v) is 4.45. The molecule has 0 atom stereocenters. The molecule has 6 heteroatoms. The van der Waals surface area contributed by atoms with Crippen molar-refractivity contribution in [3.8, 4) is 0 Å². The zero-order valence-electron chi connectivity index (χ0n) is 16.2. The first-order chi connectivity index (χ1) is 13.5. The largest absolute Gasteiger partial charge is 0.352 e. The zero-order chi connectivity index (χ0) is 19.9. The fourth-order valence-corrected chi connectivity index (χ4v) is 2.97. The molecule has 0 fully saturated rings. The molecule has 2 aromatic carbocycles. The second-order valence-electron chi connectivity index (χ2n) is 6.90. The summed E-state index contributed by atoms with van der Waals surface area (Å²) in [5.41, 5.74) is 2.86. The molecule has 1 amide bonds. The predicted octanol–water partition coefficient (Wildman–Crippen LogP) is 3.11. The van der Waals surface area contributed by atoms with Gasteiger partial charge in [-0.05, 0) is 50.0 Å². The molecule has 0 radical (unpaired) electrons. The molecule has 0 bridgehead atoms. The van der Waals surface area contributed by atoms with Gasteiger partial charge in [0.2, 0.25) is 5.91 Å². The second-order valence-corrected chi connectivity index (χ2v) is 6.90. The Morgan fingerprint density at radius 2 is 1.93 bits per heavy atom. The van der Waals surface area contributed by atoms with E-state index in [0.29, 0.717) is 13.0 Å². The van der Waals surface area contributed by atoms with E-state index in [-0.39, 0.29) is 11.7 Å². The van der Waals surface area contributed by atoms with E-state index < -0.39 is 0 Å². The van der Waals surface area contributed by atoms with E-state index in [2.05, 4.69) is 20.9 Å². The van der Waals surface area contributed by atoms with Crippen LogP contribution in [0.25, 0.3) is 17.1 Å². The van der Waals surface area contributed by atoms with E-state index in [1.165, 1.54) is 18.2 Å². The number of hydrogen-bond acceptors (Lipinski definition) is 3. The first-order valence-electron chi connectivity index (χ1n) is 9.33. The number of carbonyl (C=O) groups is 1. The molecule has 0 aliphatic rings. The van der Waals surface area contributed by atoms with Crippen LogP contribution in [0.4, 0.5) is 4.39 Å². The average molecular weight is 380 g/mol.